The second kappa shape index (κ2) is 5.20. The Labute approximate surface area is 103 Å². The van der Waals surface area contributed by atoms with Crippen LogP contribution >= 0.6 is 11.6 Å². The summed E-state index contributed by atoms with van der Waals surface area (Å²) in [6, 6.07) is 6.48. The molecule has 0 radical (unpaired) electrons. The van der Waals surface area contributed by atoms with Gasteiger partial charge in [-0.25, -0.2) is 0 Å². The zero-order chi connectivity index (χ0) is 11.5. The van der Waals surface area contributed by atoms with Crippen molar-refractivity contribution in [3.05, 3.63) is 34.9 Å². The summed E-state index contributed by atoms with van der Waals surface area (Å²) in [6.45, 7) is 5.16. The van der Waals surface area contributed by atoms with Crippen molar-refractivity contribution in [1.82, 2.24) is 0 Å². The Morgan fingerprint density at radius 2 is 2.19 bits per heavy atom. The van der Waals surface area contributed by atoms with Crippen LogP contribution in [0.4, 0.5) is 0 Å². The largest absolute Gasteiger partial charge is 0.378 e. The summed E-state index contributed by atoms with van der Waals surface area (Å²) >= 11 is 6.43. The van der Waals surface area contributed by atoms with Crippen LogP contribution in [-0.4, -0.2) is 12.7 Å². The molecule has 2 heteroatoms. The molecule has 0 bridgehead atoms. The van der Waals surface area contributed by atoms with Crippen LogP contribution in [-0.2, 0) is 4.74 Å². The third kappa shape index (κ3) is 2.78. The summed E-state index contributed by atoms with van der Waals surface area (Å²) in [5.41, 5.74) is 3.86. The monoisotopic (exact) mass is 238 g/mol. The fourth-order valence-electron chi connectivity index (χ4n) is 2.16. The van der Waals surface area contributed by atoms with Gasteiger partial charge < -0.3 is 4.74 Å². The number of benzene rings is 1. The van der Waals surface area contributed by atoms with E-state index in [0.29, 0.717) is 6.10 Å². The van der Waals surface area contributed by atoms with E-state index in [9.17, 15) is 0 Å². The first-order valence-corrected chi connectivity index (χ1v) is 6.43. The lowest BCUT2D eigenvalue weighted by molar-refractivity contribution is 0.103. The van der Waals surface area contributed by atoms with E-state index in [1.54, 1.807) is 0 Å². The minimum atomic E-state index is 0.0856. The average molecular weight is 239 g/mol. The molecule has 2 unspecified atom stereocenters. The van der Waals surface area contributed by atoms with Crippen LogP contribution in [0.5, 0.6) is 0 Å². The zero-order valence-electron chi connectivity index (χ0n) is 10.0. The first-order valence-electron chi connectivity index (χ1n) is 5.99. The van der Waals surface area contributed by atoms with Crippen molar-refractivity contribution in [1.29, 1.82) is 0 Å². The Kier molecular flexibility index (Phi) is 3.88. The average Bonchev–Trinajstić information content (AvgIpc) is 2.74. The highest BCUT2D eigenvalue weighted by Gasteiger charge is 2.20. The molecule has 0 saturated carbocycles. The molecule has 2 atom stereocenters. The lowest BCUT2D eigenvalue weighted by Gasteiger charge is -2.15. The Morgan fingerprint density at radius 1 is 1.38 bits per heavy atom. The number of ether oxygens (including phenoxy) is 1. The molecule has 0 aliphatic carbocycles. The third-order valence-corrected chi connectivity index (χ3v) is 3.82. The van der Waals surface area contributed by atoms with Crippen molar-refractivity contribution in [3.63, 3.8) is 0 Å². The fourth-order valence-corrected chi connectivity index (χ4v) is 2.49. The van der Waals surface area contributed by atoms with Crippen LogP contribution in [0.2, 0.25) is 0 Å². The Hall–Kier alpha value is -0.530. The van der Waals surface area contributed by atoms with Gasteiger partial charge in [-0.15, -0.1) is 11.6 Å². The van der Waals surface area contributed by atoms with Crippen LogP contribution < -0.4 is 0 Å². The molecular weight excluding hydrogens is 220 g/mol. The zero-order valence-corrected chi connectivity index (χ0v) is 10.8. The molecule has 0 N–H and O–H groups in total. The van der Waals surface area contributed by atoms with Crippen molar-refractivity contribution in [3.8, 4) is 0 Å². The number of aryl methyl sites for hydroxylation is 2. The highest BCUT2D eigenvalue weighted by Crippen LogP contribution is 2.30. The van der Waals surface area contributed by atoms with E-state index in [-0.39, 0.29) is 5.38 Å². The number of hydrogen-bond donors (Lipinski definition) is 0. The van der Waals surface area contributed by atoms with Gasteiger partial charge in [0.1, 0.15) is 0 Å². The molecule has 0 aromatic heterocycles. The van der Waals surface area contributed by atoms with Crippen molar-refractivity contribution in [2.75, 3.05) is 6.61 Å². The number of halogens is 1. The van der Waals surface area contributed by atoms with E-state index in [1.807, 2.05) is 0 Å². The first-order chi connectivity index (χ1) is 7.66. The normalized spacial score (nSPS) is 22.3. The lowest BCUT2D eigenvalue weighted by atomic mass is 10.0. The SMILES string of the molecule is Cc1ccc(C(Cl)CC2CCCO2)cc1C. The van der Waals surface area contributed by atoms with Crippen molar-refractivity contribution >= 4 is 11.6 Å². The van der Waals surface area contributed by atoms with Crippen LogP contribution in [0.15, 0.2) is 18.2 Å². The molecule has 0 amide bonds. The van der Waals surface area contributed by atoms with Crippen LogP contribution in [0, 0.1) is 13.8 Å². The maximum absolute atomic E-state index is 6.43. The highest BCUT2D eigenvalue weighted by atomic mass is 35.5. The van der Waals surface area contributed by atoms with Gasteiger partial charge in [-0.2, -0.15) is 0 Å². The second-order valence-electron chi connectivity index (χ2n) is 4.68. The fraction of sp³-hybridized carbons (Fsp3) is 0.571. The Morgan fingerprint density at radius 3 is 2.81 bits per heavy atom. The van der Waals surface area contributed by atoms with E-state index >= 15 is 0 Å². The van der Waals surface area contributed by atoms with Crippen LogP contribution in [0.1, 0.15) is 41.3 Å². The summed E-state index contributed by atoms with van der Waals surface area (Å²) in [5, 5.41) is 0.0856. The summed E-state index contributed by atoms with van der Waals surface area (Å²) in [5.74, 6) is 0. The molecule has 1 aliphatic heterocycles. The number of hydrogen-bond acceptors (Lipinski definition) is 1. The molecule has 0 spiro atoms. The van der Waals surface area contributed by atoms with Gasteiger partial charge in [-0.1, -0.05) is 18.2 Å². The van der Waals surface area contributed by atoms with Crippen molar-refractivity contribution in [2.45, 2.75) is 44.6 Å². The van der Waals surface area contributed by atoms with E-state index in [4.69, 9.17) is 16.3 Å². The first kappa shape index (κ1) is 11.9. The number of alkyl halides is 1. The topological polar surface area (TPSA) is 9.23 Å². The van der Waals surface area contributed by atoms with Gasteiger partial charge in [0.05, 0.1) is 11.5 Å². The van der Waals surface area contributed by atoms with E-state index < -0.39 is 0 Å². The van der Waals surface area contributed by atoms with Gasteiger partial charge >= 0.3 is 0 Å². The molecule has 1 aromatic carbocycles. The quantitative estimate of drug-likeness (QED) is 0.719. The molecule has 1 fully saturated rings. The molecule has 1 aromatic rings. The highest BCUT2D eigenvalue weighted by molar-refractivity contribution is 6.20. The molecule has 1 saturated heterocycles. The van der Waals surface area contributed by atoms with Gasteiger partial charge in [0, 0.05) is 6.61 Å². The Balaban J connectivity index is 2.02. The van der Waals surface area contributed by atoms with Gasteiger partial charge in [0.2, 0.25) is 0 Å². The number of rotatable bonds is 3. The predicted molar refractivity (Wildman–Crippen MR) is 68.1 cm³/mol. The van der Waals surface area contributed by atoms with Crippen LogP contribution in [0.25, 0.3) is 0 Å². The van der Waals surface area contributed by atoms with Gasteiger partial charge in [-0.3, -0.25) is 0 Å². The van der Waals surface area contributed by atoms with Crippen LogP contribution in [0.3, 0.4) is 0 Å². The van der Waals surface area contributed by atoms with Crippen molar-refractivity contribution in [2.24, 2.45) is 0 Å². The minimum Gasteiger partial charge on any atom is -0.378 e. The summed E-state index contributed by atoms with van der Waals surface area (Å²) in [6.07, 6.45) is 3.64. The maximum atomic E-state index is 6.43. The lowest BCUT2D eigenvalue weighted by Crippen LogP contribution is -2.08. The van der Waals surface area contributed by atoms with Gasteiger partial charge in [0.25, 0.3) is 0 Å². The molecular formula is C14H19ClO. The summed E-state index contributed by atoms with van der Waals surface area (Å²) < 4.78 is 5.61. The summed E-state index contributed by atoms with van der Waals surface area (Å²) in [7, 11) is 0. The molecule has 1 heterocycles. The molecule has 88 valence electrons. The predicted octanol–water partition coefficient (Wildman–Crippen LogP) is 4.15. The minimum absolute atomic E-state index is 0.0856. The standard InChI is InChI=1S/C14H19ClO/c1-10-5-6-12(8-11(10)2)14(15)9-13-4-3-7-16-13/h5-6,8,13-14H,3-4,7,9H2,1-2H3. The van der Waals surface area contributed by atoms with Gasteiger partial charge in [0.15, 0.2) is 0 Å². The van der Waals surface area contributed by atoms with E-state index in [0.717, 1.165) is 19.4 Å². The molecule has 2 rings (SSSR count). The van der Waals surface area contributed by atoms with Crippen molar-refractivity contribution < 1.29 is 4.74 Å². The van der Waals surface area contributed by atoms with E-state index in [1.165, 1.54) is 23.1 Å². The molecule has 16 heavy (non-hydrogen) atoms. The summed E-state index contributed by atoms with van der Waals surface area (Å²) in [4.78, 5) is 0. The smallest absolute Gasteiger partial charge is 0.0610 e. The van der Waals surface area contributed by atoms with E-state index in [2.05, 4.69) is 32.0 Å². The maximum Gasteiger partial charge on any atom is 0.0610 e. The van der Waals surface area contributed by atoms with Gasteiger partial charge in [-0.05, 0) is 49.8 Å². The molecule has 1 aliphatic rings. The third-order valence-electron chi connectivity index (χ3n) is 3.39. The molecule has 1 nitrogen and oxygen atoms in total. The Bertz CT molecular complexity index is 356. The second-order valence-corrected chi connectivity index (χ2v) is 5.21.